The Morgan fingerprint density at radius 2 is 1.85 bits per heavy atom. The molecule has 0 saturated carbocycles. The second kappa shape index (κ2) is 11.1. The van der Waals surface area contributed by atoms with Crippen LogP contribution in [0.2, 0.25) is 0 Å². The predicted octanol–water partition coefficient (Wildman–Crippen LogP) is 4.79. The Balaban J connectivity index is 1.50. The number of ether oxygens (including phenoxy) is 1. The summed E-state index contributed by atoms with van der Waals surface area (Å²) in [6.07, 6.45) is 1.56. The standard InChI is InChI=1S/C25H21BrN4O3S/c1-2-33-20-13-7-17(8-14-20)15-27-29-23(31)16-34-25-28-22-6-4-3-5-21(22)24(32)30(25)19-11-9-18(26)10-12-19/h3-15H,2,16H2,1H3,(H,29,31). The Labute approximate surface area is 209 Å². The van der Waals surface area contributed by atoms with Crippen molar-refractivity contribution in [1.82, 2.24) is 15.0 Å². The van der Waals surface area contributed by atoms with Crippen molar-refractivity contribution in [3.05, 3.63) is 93.2 Å². The van der Waals surface area contributed by atoms with E-state index in [-0.39, 0.29) is 17.2 Å². The summed E-state index contributed by atoms with van der Waals surface area (Å²) in [7, 11) is 0. The largest absolute Gasteiger partial charge is 0.494 e. The summed E-state index contributed by atoms with van der Waals surface area (Å²) in [5, 5.41) is 4.96. The van der Waals surface area contributed by atoms with Gasteiger partial charge < -0.3 is 4.74 Å². The fraction of sp³-hybridized carbons (Fsp3) is 0.120. The van der Waals surface area contributed by atoms with Gasteiger partial charge in [-0.15, -0.1) is 0 Å². The Morgan fingerprint density at radius 3 is 2.59 bits per heavy atom. The number of nitrogens with one attached hydrogen (secondary N) is 1. The van der Waals surface area contributed by atoms with Crippen molar-refractivity contribution in [2.75, 3.05) is 12.4 Å². The zero-order valence-corrected chi connectivity index (χ0v) is 20.7. The third kappa shape index (κ3) is 5.73. The molecule has 4 rings (SSSR count). The summed E-state index contributed by atoms with van der Waals surface area (Å²) < 4.78 is 7.83. The fourth-order valence-electron chi connectivity index (χ4n) is 3.18. The lowest BCUT2D eigenvalue weighted by Crippen LogP contribution is -2.24. The van der Waals surface area contributed by atoms with Crippen LogP contribution in [-0.4, -0.2) is 34.0 Å². The van der Waals surface area contributed by atoms with Gasteiger partial charge in [-0.1, -0.05) is 39.8 Å². The van der Waals surface area contributed by atoms with Crippen LogP contribution in [-0.2, 0) is 4.79 Å². The molecule has 9 heteroatoms. The van der Waals surface area contributed by atoms with Gasteiger partial charge in [0.05, 0.1) is 35.2 Å². The highest BCUT2D eigenvalue weighted by Gasteiger charge is 2.14. The topological polar surface area (TPSA) is 85.6 Å². The molecule has 0 aliphatic carbocycles. The highest BCUT2D eigenvalue weighted by molar-refractivity contribution is 9.10. The number of nitrogens with zero attached hydrogens (tertiary/aromatic N) is 3. The van der Waals surface area contributed by atoms with Crippen molar-refractivity contribution in [3.8, 4) is 11.4 Å². The van der Waals surface area contributed by atoms with E-state index < -0.39 is 0 Å². The molecule has 0 bridgehead atoms. The molecule has 7 nitrogen and oxygen atoms in total. The molecule has 0 aliphatic rings. The summed E-state index contributed by atoms with van der Waals surface area (Å²) in [4.78, 5) is 30.3. The molecule has 0 saturated heterocycles. The number of amides is 1. The van der Waals surface area contributed by atoms with Crippen LogP contribution in [0.5, 0.6) is 5.75 Å². The highest BCUT2D eigenvalue weighted by atomic mass is 79.9. The first-order chi connectivity index (χ1) is 16.5. The number of benzene rings is 3. The SMILES string of the molecule is CCOc1ccc(C=NNC(=O)CSc2nc3ccccc3c(=O)n2-c2ccc(Br)cc2)cc1. The van der Waals surface area contributed by atoms with Gasteiger partial charge in [-0.05, 0) is 73.2 Å². The van der Waals surface area contributed by atoms with E-state index in [1.807, 2.05) is 61.5 Å². The molecule has 1 N–H and O–H groups in total. The van der Waals surface area contributed by atoms with Gasteiger partial charge in [0.25, 0.3) is 11.5 Å². The van der Waals surface area contributed by atoms with Crippen LogP contribution < -0.4 is 15.7 Å². The smallest absolute Gasteiger partial charge is 0.266 e. The zero-order valence-electron chi connectivity index (χ0n) is 18.3. The second-order valence-corrected chi connectivity index (χ2v) is 8.97. The average Bonchev–Trinajstić information content (AvgIpc) is 2.85. The van der Waals surface area contributed by atoms with Crippen molar-refractivity contribution in [1.29, 1.82) is 0 Å². The molecule has 3 aromatic carbocycles. The Hall–Kier alpha value is -3.43. The maximum Gasteiger partial charge on any atom is 0.266 e. The molecule has 0 aliphatic heterocycles. The van der Waals surface area contributed by atoms with Crippen molar-refractivity contribution in [2.24, 2.45) is 5.10 Å². The molecule has 0 fully saturated rings. The van der Waals surface area contributed by atoms with E-state index in [1.54, 1.807) is 24.4 Å². The first-order valence-corrected chi connectivity index (χ1v) is 12.3. The zero-order chi connectivity index (χ0) is 23.9. The van der Waals surface area contributed by atoms with E-state index in [0.29, 0.717) is 28.4 Å². The van der Waals surface area contributed by atoms with E-state index in [0.717, 1.165) is 15.8 Å². The third-order valence-corrected chi connectivity index (χ3v) is 6.22. The van der Waals surface area contributed by atoms with Crippen LogP contribution in [0.4, 0.5) is 0 Å². The van der Waals surface area contributed by atoms with Gasteiger partial charge in [-0.2, -0.15) is 5.10 Å². The van der Waals surface area contributed by atoms with Gasteiger partial charge in [0.2, 0.25) is 0 Å². The van der Waals surface area contributed by atoms with Gasteiger partial charge in [-0.25, -0.2) is 10.4 Å². The molecule has 0 radical (unpaired) electrons. The van der Waals surface area contributed by atoms with Crippen LogP contribution in [0, 0.1) is 0 Å². The van der Waals surface area contributed by atoms with Crippen LogP contribution in [0.25, 0.3) is 16.6 Å². The Bertz CT molecular complexity index is 1390. The Morgan fingerprint density at radius 1 is 1.12 bits per heavy atom. The average molecular weight is 537 g/mol. The predicted molar refractivity (Wildman–Crippen MR) is 139 cm³/mol. The normalized spacial score (nSPS) is 11.1. The molecule has 1 amide bonds. The molecule has 1 aromatic heterocycles. The van der Waals surface area contributed by atoms with E-state index in [1.165, 1.54) is 16.3 Å². The summed E-state index contributed by atoms with van der Waals surface area (Å²) in [6, 6.07) is 21.9. The fourth-order valence-corrected chi connectivity index (χ4v) is 4.25. The lowest BCUT2D eigenvalue weighted by Gasteiger charge is -2.13. The molecular formula is C25H21BrN4O3S. The van der Waals surface area contributed by atoms with Crippen LogP contribution in [0.15, 0.2) is 92.3 Å². The van der Waals surface area contributed by atoms with E-state index in [4.69, 9.17) is 4.74 Å². The van der Waals surface area contributed by atoms with Gasteiger partial charge in [0.1, 0.15) is 5.75 Å². The molecule has 0 atom stereocenters. The number of hydrogen-bond acceptors (Lipinski definition) is 6. The number of hydrazone groups is 1. The monoisotopic (exact) mass is 536 g/mol. The highest BCUT2D eigenvalue weighted by Crippen LogP contribution is 2.22. The lowest BCUT2D eigenvalue weighted by atomic mass is 10.2. The van der Waals surface area contributed by atoms with Gasteiger partial charge in [-0.3, -0.25) is 14.2 Å². The molecule has 172 valence electrons. The number of halogens is 1. The maximum atomic E-state index is 13.2. The van der Waals surface area contributed by atoms with Crippen molar-refractivity contribution < 1.29 is 9.53 Å². The third-order valence-electron chi connectivity index (χ3n) is 4.76. The summed E-state index contributed by atoms with van der Waals surface area (Å²) >= 11 is 4.59. The summed E-state index contributed by atoms with van der Waals surface area (Å²) in [5.41, 5.74) is 4.41. The van der Waals surface area contributed by atoms with Crippen molar-refractivity contribution in [2.45, 2.75) is 12.1 Å². The van der Waals surface area contributed by atoms with Crippen LogP contribution >= 0.6 is 27.7 Å². The number of rotatable bonds is 8. The number of fused-ring (bicyclic) bond motifs is 1. The molecular weight excluding hydrogens is 516 g/mol. The quantitative estimate of drug-likeness (QED) is 0.151. The van der Waals surface area contributed by atoms with E-state index in [9.17, 15) is 9.59 Å². The number of carbonyl (C=O) groups is 1. The van der Waals surface area contributed by atoms with Gasteiger partial charge in [0.15, 0.2) is 5.16 Å². The summed E-state index contributed by atoms with van der Waals surface area (Å²) in [6.45, 7) is 2.53. The summed E-state index contributed by atoms with van der Waals surface area (Å²) in [5.74, 6) is 0.513. The first-order valence-electron chi connectivity index (χ1n) is 10.5. The second-order valence-electron chi connectivity index (χ2n) is 7.11. The molecule has 0 spiro atoms. The van der Waals surface area contributed by atoms with E-state index >= 15 is 0 Å². The molecule has 0 unspecified atom stereocenters. The lowest BCUT2D eigenvalue weighted by molar-refractivity contribution is -0.118. The number of para-hydroxylation sites is 1. The van der Waals surface area contributed by atoms with E-state index in [2.05, 4.69) is 31.4 Å². The minimum atomic E-state index is -0.308. The van der Waals surface area contributed by atoms with Gasteiger partial charge >= 0.3 is 0 Å². The number of thioether (sulfide) groups is 1. The molecule has 1 heterocycles. The van der Waals surface area contributed by atoms with Crippen molar-refractivity contribution in [3.63, 3.8) is 0 Å². The number of carbonyl (C=O) groups excluding carboxylic acids is 1. The first kappa shape index (κ1) is 23.7. The van der Waals surface area contributed by atoms with Crippen LogP contribution in [0.1, 0.15) is 12.5 Å². The maximum absolute atomic E-state index is 13.2. The minimum Gasteiger partial charge on any atom is -0.494 e. The Kier molecular flexibility index (Phi) is 7.76. The van der Waals surface area contributed by atoms with Gasteiger partial charge in [0, 0.05) is 4.47 Å². The van der Waals surface area contributed by atoms with Crippen LogP contribution in [0.3, 0.4) is 0 Å². The number of aromatic nitrogens is 2. The molecule has 34 heavy (non-hydrogen) atoms. The number of hydrogen-bond donors (Lipinski definition) is 1. The minimum absolute atomic E-state index is 0.0436. The van der Waals surface area contributed by atoms with Crippen molar-refractivity contribution >= 4 is 50.7 Å². The molecule has 4 aromatic rings.